The van der Waals surface area contributed by atoms with Crippen LogP contribution in [0, 0.1) is 0 Å². The smallest absolute Gasteiger partial charge is 0.173 e. The Labute approximate surface area is 104 Å². The molecule has 1 unspecified atom stereocenters. The van der Waals surface area contributed by atoms with Crippen LogP contribution in [0.2, 0.25) is 0 Å². The molecule has 0 aliphatic heterocycles. The molecule has 0 aromatic heterocycles. The fourth-order valence-electron chi connectivity index (χ4n) is 1.57. The molecule has 1 rings (SSSR count). The van der Waals surface area contributed by atoms with E-state index in [1.807, 2.05) is 12.2 Å². The van der Waals surface area contributed by atoms with E-state index in [4.69, 9.17) is 9.84 Å². The van der Waals surface area contributed by atoms with Gasteiger partial charge in [0, 0.05) is 5.57 Å². The molecule has 0 fully saturated rings. The summed E-state index contributed by atoms with van der Waals surface area (Å²) < 4.78 is 5.33. The number of halogens is 1. The number of Topliss-reactive ketones (excluding diaryl/α,β-unsaturated/α-hetero) is 1. The topological polar surface area (TPSA) is 46.5 Å². The van der Waals surface area contributed by atoms with Gasteiger partial charge in [0.15, 0.2) is 5.78 Å². The number of carbonyl (C=O) groups is 1. The van der Waals surface area contributed by atoms with Gasteiger partial charge in [0.05, 0.1) is 24.6 Å². The van der Waals surface area contributed by atoms with Crippen LogP contribution in [0.5, 0.6) is 0 Å². The van der Waals surface area contributed by atoms with Crippen molar-refractivity contribution in [3.8, 4) is 0 Å². The number of alkyl halides is 1. The highest BCUT2D eigenvalue weighted by Gasteiger charge is 2.15. The Morgan fingerprint density at radius 2 is 2.25 bits per heavy atom. The summed E-state index contributed by atoms with van der Waals surface area (Å²) in [5.41, 5.74) is 1.70. The number of hydrogen-bond acceptors (Lipinski definition) is 3. The van der Waals surface area contributed by atoms with Gasteiger partial charge in [-0.1, -0.05) is 28.1 Å². The number of rotatable bonds is 6. The van der Waals surface area contributed by atoms with E-state index >= 15 is 0 Å². The highest BCUT2D eigenvalue weighted by molar-refractivity contribution is 9.09. The lowest BCUT2D eigenvalue weighted by Crippen LogP contribution is -2.16. The third-order valence-electron chi connectivity index (χ3n) is 2.29. The maximum Gasteiger partial charge on any atom is 0.173 e. The van der Waals surface area contributed by atoms with Crippen LogP contribution in [-0.4, -0.2) is 35.5 Å². The molecule has 0 amide bonds. The van der Waals surface area contributed by atoms with Gasteiger partial charge in [0.1, 0.15) is 0 Å². The lowest BCUT2D eigenvalue weighted by Gasteiger charge is -2.15. The summed E-state index contributed by atoms with van der Waals surface area (Å²) in [6.07, 6.45) is 5.40. The molecular formula is C12H17BrO3. The maximum absolute atomic E-state index is 11.6. The van der Waals surface area contributed by atoms with Crippen molar-refractivity contribution in [3.05, 3.63) is 23.3 Å². The van der Waals surface area contributed by atoms with Crippen LogP contribution < -0.4 is 0 Å². The van der Waals surface area contributed by atoms with Crippen LogP contribution in [-0.2, 0) is 9.53 Å². The monoisotopic (exact) mass is 288 g/mol. The van der Waals surface area contributed by atoms with Gasteiger partial charge < -0.3 is 9.84 Å². The van der Waals surface area contributed by atoms with Crippen molar-refractivity contribution in [1.29, 1.82) is 0 Å². The van der Waals surface area contributed by atoms with Crippen molar-refractivity contribution in [2.24, 2.45) is 0 Å². The molecular weight excluding hydrogens is 272 g/mol. The first-order valence-electron chi connectivity index (χ1n) is 5.39. The summed E-state index contributed by atoms with van der Waals surface area (Å²) in [7, 11) is 0. The molecule has 1 N–H and O–H groups in total. The van der Waals surface area contributed by atoms with Crippen LogP contribution >= 0.6 is 15.9 Å². The molecule has 0 aromatic carbocycles. The normalized spacial score (nSPS) is 17.7. The fourth-order valence-corrected chi connectivity index (χ4v) is 1.87. The number of aliphatic hydroxyl groups excluding tert-OH is 1. The molecule has 0 bridgehead atoms. The van der Waals surface area contributed by atoms with Gasteiger partial charge in [0.2, 0.25) is 0 Å². The van der Waals surface area contributed by atoms with Crippen LogP contribution in [0.15, 0.2) is 23.3 Å². The van der Waals surface area contributed by atoms with Crippen LogP contribution in [0.4, 0.5) is 0 Å². The second-order valence-electron chi connectivity index (χ2n) is 3.85. The van der Waals surface area contributed by atoms with Crippen molar-refractivity contribution in [3.63, 3.8) is 0 Å². The fraction of sp³-hybridized carbons (Fsp3) is 0.583. The SMILES string of the molecule is CC(O)COCC1=CCCC=C1C(=O)CBr. The van der Waals surface area contributed by atoms with Crippen LogP contribution in [0.1, 0.15) is 19.8 Å². The minimum absolute atomic E-state index is 0.0894. The van der Waals surface area contributed by atoms with Gasteiger partial charge in [-0.05, 0) is 25.3 Å². The van der Waals surface area contributed by atoms with Gasteiger partial charge in [-0.3, -0.25) is 4.79 Å². The van der Waals surface area contributed by atoms with E-state index in [1.54, 1.807) is 6.92 Å². The standard InChI is InChI=1S/C12H17BrO3/c1-9(14)7-16-8-10-4-2-3-5-11(10)12(15)6-13/h4-5,9,14H,2-3,6-8H2,1H3. The molecule has 1 atom stereocenters. The van der Waals surface area contributed by atoms with Gasteiger partial charge in [-0.25, -0.2) is 0 Å². The lowest BCUT2D eigenvalue weighted by molar-refractivity contribution is -0.113. The van der Waals surface area contributed by atoms with Gasteiger partial charge >= 0.3 is 0 Å². The number of ketones is 1. The lowest BCUT2D eigenvalue weighted by atomic mass is 9.96. The number of carbonyl (C=O) groups excluding carboxylic acids is 1. The molecule has 1 aliphatic rings. The first kappa shape index (κ1) is 13.6. The van der Waals surface area contributed by atoms with Crippen molar-refractivity contribution < 1.29 is 14.6 Å². The Balaban J connectivity index is 2.53. The minimum atomic E-state index is -0.469. The third-order valence-corrected chi connectivity index (χ3v) is 2.80. The van der Waals surface area contributed by atoms with Crippen molar-refractivity contribution in [1.82, 2.24) is 0 Å². The van der Waals surface area contributed by atoms with Gasteiger partial charge in [-0.15, -0.1) is 0 Å². The second-order valence-corrected chi connectivity index (χ2v) is 4.41. The molecule has 90 valence electrons. The number of hydrogen-bond donors (Lipinski definition) is 1. The molecule has 1 aliphatic carbocycles. The summed E-state index contributed by atoms with van der Waals surface area (Å²) in [4.78, 5) is 11.6. The first-order valence-corrected chi connectivity index (χ1v) is 6.51. The van der Waals surface area contributed by atoms with Gasteiger partial charge in [0.25, 0.3) is 0 Å². The second kappa shape index (κ2) is 6.99. The van der Waals surface area contributed by atoms with Crippen molar-refractivity contribution >= 4 is 21.7 Å². The summed E-state index contributed by atoms with van der Waals surface area (Å²) in [6.45, 7) is 2.37. The Kier molecular flexibility index (Phi) is 5.95. The zero-order valence-corrected chi connectivity index (χ0v) is 11.0. The Morgan fingerprint density at radius 3 is 2.88 bits per heavy atom. The number of ether oxygens (including phenoxy) is 1. The summed E-state index contributed by atoms with van der Waals surface area (Å²) in [5.74, 6) is 0.0894. The predicted molar refractivity (Wildman–Crippen MR) is 66.7 cm³/mol. The zero-order chi connectivity index (χ0) is 12.0. The Morgan fingerprint density at radius 1 is 1.56 bits per heavy atom. The number of aliphatic hydroxyl groups is 1. The zero-order valence-electron chi connectivity index (χ0n) is 9.41. The molecule has 0 saturated heterocycles. The Bertz CT molecular complexity index is 305. The molecule has 0 spiro atoms. The average Bonchev–Trinajstić information content (AvgIpc) is 2.28. The largest absolute Gasteiger partial charge is 0.391 e. The highest BCUT2D eigenvalue weighted by Crippen LogP contribution is 2.20. The van der Waals surface area contributed by atoms with E-state index < -0.39 is 6.10 Å². The minimum Gasteiger partial charge on any atom is -0.391 e. The Hall–Kier alpha value is -0.450. The number of allylic oxidation sites excluding steroid dienone is 2. The van der Waals surface area contributed by atoms with Crippen molar-refractivity contribution in [2.75, 3.05) is 18.5 Å². The third kappa shape index (κ3) is 4.20. The van der Waals surface area contributed by atoms with Gasteiger partial charge in [-0.2, -0.15) is 0 Å². The predicted octanol–water partition coefficient (Wildman–Crippen LogP) is 1.99. The average molecular weight is 289 g/mol. The van der Waals surface area contributed by atoms with E-state index in [2.05, 4.69) is 15.9 Å². The van der Waals surface area contributed by atoms with E-state index in [9.17, 15) is 4.79 Å². The van der Waals surface area contributed by atoms with Crippen LogP contribution in [0.3, 0.4) is 0 Å². The molecule has 3 nitrogen and oxygen atoms in total. The molecule has 0 saturated carbocycles. The molecule has 16 heavy (non-hydrogen) atoms. The molecule has 0 radical (unpaired) electrons. The summed E-state index contributed by atoms with van der Waals surface area (Å²) >= 11 is 3.17. The summed E-state index contributed by atoms with van der Waals surface area (Å²) in [5, 5.41) is 9.41. The maximum atomic E-state index is 11.6. The van der Waals surface area contributed by atoms with Crippen LogP contribution in [0.25, 0.3) is 0 Å². The van der Waals surface area contributed by atoms with E-state index in [1.165, 1.54) is 0 Å². The molecule has 0 heterocycles. The summed E-state index contributed by atoms with van der Waals surface area (Å²) in [6, 6.07) is 0. The molecule has 4 heteroatoms. The highest BCUT2D eigenvalue weighted by atomic mass is 79.9. The van der Waals surface area contributed by atoms with E-state index in [0.717, 1.165) is 24.0 Å². The van der Waals surface area contributed by atoms with Crippen molar-refractivity contribution in [2.45, 2.75) is 25.9 Å². The molecule has 0 aromatic rings. The first-order chi connectivity index (χ1) is 7.65. The van der Waals surface area contributed by atoms with E-state index in [0.29, 0.717) is 18.5 Å². The van der Waals surface area contributed by atoms with E-state index in [-0.39, 0.29) is 5.78 Å². The quantitative estimate of drug-likeness (QED) is 0.761.